The van der Waals surface area contributed by atoms with E-state index in [1.807, 2.05) is 18.7 Å². The zero-order valence-electron chi connectivity index (χ0n) is 11.5. The van der Waals surface area contributed by atoms with Crippen LogP contribution in [0.15, 0.2) is 24.3 Å². The van der Waals surface area contributed by atoms with Crippen LogP contribution in [0.3, 0.4) is 0 Å². The minimum atomic E-state index is 0.335. The Bertz CT molecular complexity index is 600. The molecule has 0 bridgehead atoms. The van der Waals surface area contributed by atoms with Crippen molar-refractivity contribution in [3.63, 3.8) is 0 Å². The Labute approximate surface area is 113 Å². The van der Waals surface area contributed by atoms with E-state index in [0.717, 1.165) is 23.6 Å². The van der Waals surface area contributed by atoms with Gasteiger partial charge in [0, 0.05) is 7.05 Å². The Morgan fingerprint density at radius 2 is 2.16 bits per heavy atom. The number of nitrogen functional groups attached to an aromatic ring is 1. The molecule has 100 valence electrons. The van der Waals surface area contributed by atoms with Crippen molar-refractivity contribution in [3.8, 4) is 0 Å². The maximum Gasteiger partial charge on any atom is 0.148 e. The smallest absolute Gasteiger partial charge is 0.148 e. The lowest BCUT2D eigenvalue weighted by Crippen LogP contribution is -2.19. The summed E-state index contributed by atoms with van der Waals surface area (Å²) < 4.78 is 1.84. The van der Waals surface area contributed by atoms with Gasteiger partial charge in [0.05, 0.1) is 17.4 Å². The number of benzene rings is 1. The van der Waals surface area contributed by atoms with Crippen molar-refractivity contribution in [2.45, 2.75) is 32.2 Å². The first kappa shape index (κ1) is 12.1. The Morgan fingerprint density at radius 1 is 1.37 bits per heavy atom. The number of aromatic nitrogens is 2. The molecule has 0 radical (unpaired) electrons. The molecule has 19 heavy (non-hydrogen) atoms. The lowest BCUT2D eigenvalue weighted by atomic mass is 9.88. The van der Waals surface area contributed by atoms with Gasteiger partial charge in [-0.15, -0.1) is 0 Å². The molecule has 1 aliphatic rings. The molecule has 0 saturated heterocycles. The highest BCUT2D eigenvalue weighted by molar-refractivity contribution is 5.65. The number of nitrogens with two attached hydrogens (primary N) is 1. The van der Waals surface area contributed by atoms with E-state index < -0.39 is 0 Å². The molecule has 1 heterocycles. The molecule has 0 amide bonds. The lowest BCUT2D eigenvalue weighted by molar-refractivity contribution is 0.593. The standard InChI is InChI=1S/C15H20N4/c1-10-14(16)15(19(2)18-10)17-13-9-5-7-11-6-3-4-8-12(11)13/h3-4,6,8,13,17H,5,7,9,16H2,1-2H3. The first-order valence-electron chi connectivity index (χ1n) is 6.80. The third kappa shape index (κ3) is 2.07. The van der Waals surface area contributed by atoms with Crippen molar-refractivity contribution in [3.05, 3.63) is 41.1 Å². The highest BCUT2D eigenvalue weighted by atomic mass is 15.3. The van der Waals surface area contributed by atoms with Gasteiger partial charge in [-0.2, -0.15) is 5.10 Å². The van der Waals surface area contributed by atoms with Crippen molar-refractivity contribution in [2.75, 3.05) is 11.1 Å². The van der Waals surface area contributed by atoms with Crippen LogP contribution in [0.2, 0.25) is 0 Å². The highest BCUT2D eigenvalue weighted by Gasteiger charge is 2.22. The molecule has 1 aromatic heterocycles. The van der Waals surface area contributed by atoms with Crippen LogP contribution in [-0.2, 0) is 13.5 Å². The van der Waals surface area contributed by atoms with Crippen LogP contribution in [0, 0.1) is 6.92 Å². The van der Waals surface area contributed by atoms with Gasteiger partial charge in [-0.1, -0.05) is 24.3 Å². The van der Waals surface area contributed by atoms with Crippen molar-refractivity contribution < 1.29 is 0 Å². The predicted octanol–water partition coefficient (Wildman–Crippen LogP) is 2.80. The van der Waals surface area contributed by atoms with Gasteiger partial charge in [-0.05, 0) is 37.3 Å². The molecule has 2 aromatic rings. The summed E-state index contributed by atoms with van der Waals surface area (Å²) in [5.74, 6) is 0.930. The van der Waals surface area contributed by atoms with Crippen LogP contribution in [0.1, 0.15) is 35.7 Å². The van der Waals surface area contributed by atoms with E-state index in [0.29, 0.717) is 6.04 Å². The number of aryl methyl sites for hydroxylation is 3. The summed E-state index contributed by atoms with van der Waals surface area (Å²) in [6.07, 6.45) is 3.53. The predicted molar refractivity (Wildman–Crippen MR) is 78.1 cm³/mol. The van der Waals surface area contributed by atoms with Gasteiger partial charge in [0.2, 0.25) is 0 Å². The van der Waals surface area contributed by atoms with E-state index in [-0.39, 0.29) is 0 Å². The SMILES string of the molecule is Cc1nn(C)c(NC2CCCc3ccccc32)c1N. The van der Waals surface area contributed by atoms with Gasteiger partial charge in [0.1, 0.15) is 5.82 Å². The fourth-order valence-corrected chi connectivity index (χ4v) is 2.91. The topological polar surface area (TPSA) is 55.9 Å². The van der Waals surface area contributed by atoms with Crippen LogP contribution in [0.4, 0.5) is 11.5 Å². The molecule has 4 heteroatoms. The number of nitrogens with one attached hydrogen (secondary N) is 1. The Hall–Kier alpha value is -1.97. The zero-order valence-corrected chi connectivity index (χ0v) is 11.5. The van der Waals surface area contributed by atoms with Gasteiger partial charge in [-0.25, -0.2) is 0 Å². The minimum absolute atomic E-state index is 0.335. The minimum Gasteiger partial charge on any atom is -0.394 e. The van der Waals surface area contributed by atoms with E-state index >= 15 is 0 Å². The molecule has 1 aliphatic carbocycles. The van der Waals surface area contributed by atoms with Gasteiger partial charge < -0.3 is 11.1 Å². The summed E-state index contributed by atoms with van der Waals surface area (Å²) in [6, 6.07) is 9.00. The maximum atomic E-state index is 6.09. The Kier molecular flexibility index (Phi) is 2.93. The molecule has 1 unspecified atom stereocenters. The maximum absolute atomic E-state index is 6.09. The van der Waals surface area contributed by atoms with Crippen molar-refractivity contribution in [1.29, 1.82) is 0 Å². The quantitative estimate of drug-likeness (QED) is 0.868. The number of hydrogen-bond acceptors (Lipinski definition) is 3. The lowest BCUT2D eigenvalue weighted by Gasteiger charge is -2.27. The molecule has 0 aliphatic heterocycles. The fourth-order valence-electron chi connectivity index (χ4n) is 2.91. The molecular formula is C15H20N4. The second kappa shape index (κ2) is 4.61. The van der Waals surface area contributed by atoms with Crippen LogP contribution in [0.5, 0.6) is 0 Å². The highest BCUT2D eigenvalue weighted by Crippen LogP contribution is 2.34. The van der Waals surface area contributed by atoms with Gasteiger partial charge >= 0.3 is 0 Å². The van der Waals surface area contributed by atoms with E-state index in [9.17, 15) is 0 Å². The van der Waals surface area contributed by atoms with Crippen LogP contribution < -0.4 is 11.1 Å². The first-order valence-corrected chi connectivity index (χ1v) is 6.80. The van der Waals surface area contributed by atoms with Crippen LogP contribution in [0.25, 0.3) is 0 Å². The van der Waals surface area contributed by atoms with Gasteiger partial charge in [0.25, 0.3) is 0 Å². The van der Waals surface area contributed by atoms with Crippen molar-refractivity contribution in [2.24, 2.45) is 7.05 Å². The van der Waals surface area contributed by atoms with E-state index in [4.69, 9.17) is 5.73 Å². The van der Waals surface area contributed by atoms with Crippen LogP contribution >= 0.6 is 0 Å². The Morgan fingerprint density at radius 3 is 2.89 bits per heavy atom. The number of rotatable bonds is 2. The van der Waals surface area contributed by atoms with E-state index in [1.54, 1.807) is 0 Å². The molecular weight excluding hydrogens is 236 g/mol. The largest absolute Gasteiger partial charge is 0.394 e. The average molecular weight is 256 g/mol. The van der Waals surface area contributed by atoms with E-state index in [1.165, 1.54) is 24.0 Å². The normalized spacial score (nSPS) is 18.1. The number of hydrogen-bond donors (Lipinski definition) is 2. The molecule has 3 rings (SSSR count). The summed E-state index contributed by atoms with van der Waals surface area (Å²) in [4.78, 5) is 0. The number of nitrogens with zero attached hydrogens (tertiary/aromatic N) is 2. The zero-order chi connectivity index (χ0) is 13.4. The molecule has 0 spiro atoms. The summed E-state index contributed by atoms with van der Waals surface area (Å²) in [5, 5.41) is 7.93. The molecule has 3 N–H and O–H groups in total. The average Bonchev–Trinajstić information content (AvgIpc) is 2.66. The third-order valence-corrected chi connectivity index (χ3v) is 3.95. The summed E-state index contributed by atoms with van der Waals surface area (Å²) >= 11 is 0. The molecule has 0 saturated carbocycles. The Balaban J connectivity index is 1.93. The summed E-state index contributed by atoms with van der Waals surface area (Å²) in [7, 11) is 1.93. The molecule has 0 fully saturated rings. The molecule has 4 nitrogen and oxygen atoms in total. The summed E-state index contributed by atoms with van der Waals surface area (Å²) in [6.45, 7) is 1.94. The summed E-state index contributed by atoms with van der Waals surface area (Å²) in [5.41, 5.74) is 10.6. The first-order chi connectivity index (χ1) is 9.16. The monoisotopic (exact) mass is 256 g/mol. The van der Waals surface area contributed by atoms with Crippen molar-refractivity contribution in [1.82, 2.24) is 9.78 Å². The van der Waals surface area contributed by atoms with E-state index in [2.05, 4.69) is 34.7 Å². The molecule has 1 atom stereocenters. The number of anilines is 2. The van der Waals surface area contributed by atoms with Crippen molar-refractivity contribution >= 4 is 11.5 Å². The van der Waals surface area contributed by atoms with Gasteiger partial charge in [0.15, 0.2) is 0 Å². The number of fused-ring (bicyclic) bond motifs is 1. The second-order valence-electron chi connectivity index (χ2n) is 5.26. The molecule has 1 aromatic carbocycles. The van der Waals surface area contributed by atoms with Crippen LogP contribution in [-0.4, -0.2) is 9.78 Å². The second-order valence-corrected chi connectivity index (χ2v) is 5.26. The third-order valence-electron chi connectivity index (χ3n) is 3.95. The fraction of sp³-hybridized carbons (Fsp3) is 0.400. The van der Waals surface area contributed by atoms with Gasteiger partial charge in [-0.3, -0.25) is 4.68 Å².